The molecule has 31 heavy (non-hydrogen) atoms. The minimum Gasteiger partial charge on any atom is -0.486 e. The van der Waals surface area contributed by atoms with Gasteiger partial charge in [-0.05, 0) is 49.4 Å². The number of amides is 1. The van der Waals surface area contributed by atoms with Crippen LogP contribution in [-0.4, -0.2) is 34.6 Å². The van der Waals surface area contributed by atoms with Gasteiger partial charge in [-0.25, -0.2) is 8.42 Å². The maximum absolute atomic E-state index is 13.0. The number of rotatable bonds is 5. The number of nitrogens with zero attached hydrogens (tertiary/aromatic N) is 1. The molecule has 8 heteroatoms. The van der Waals surface area contributed by atoms with E-state index in [4.69, 9.17) is 9.47 Å². The molecule has 4 rings (SSSR count). The van der Waals surface area contributed by atoms with E-state index in [0.29, 0.717) is 41.7 Å². The zero-order chi connectivity index (χ0) is 22.0. The van der Waals surface area contributed by atoms with Crippen LogP contribution in [0.2, 0.25) is 0 Å². The second-order valence-corrected chi connectivity index (χ2v) is 9.12. The summed E-state index contributed by atoms with van der Waals surface area (Å²) in [6, 6.07) is 18.3. The van der Waals surface area contributed by atoms with Crippen LogP contribution in [0.5, 0.6) is 11.5 Å². The second kappa shape index (κ2) is 8.31. The molecule has 3 aromatic carbocycles. The molecule has 3 aromatic rings. The van der Waals surface area contributed by atoms with E-state index in [1.807, 2.05) is 6.92 Å². The lowest BCUT2D eigenvalue weighted by Crippen LogP contribution is -2.27. The van der Waals surface area contributed by atoms with Gasteiger partial charge in [-0.1, -0.05) is 23.8 Å². The first-order valence-corrected chi connectivity index (χ1v) is 11.2. The molecule has 0 saturated carbocycles. The van der Waals surface area contributed by atoms with Crippen molar-refractivity contribution < 1.29 is 22.7 Å². The molecule has 0 unspecified atom stereocenters. The van der Waals surface area contributed by atoms with Crippen LogP contribution in [0.1, 0.15) is 15.9 Å². The van der Waals surface area contributed by atoms with Gasteiger partial charge in [-0.3, -0.25) is 9.10 Å². The second-order valence-electron chi connectivity index (χ2n) is 7.15. The molecule has 0 saturated heterocycles. The lowest BCUT2D eigenvalue weighted by molar-refractivity contribution is 0.102. The molecule has 7 nitrogen and oxygen atoms in total. The minimum atomic E-state index is -3.75. The Hall–Kier alpha value is -3.52. The third-order valence-corrected chi connectivity index (χ3v) is 6.75. The Morgan fingerprint density at radius 3 is 2.39 bits per heavy atom. The number of nitrogens with one attached hydrogen (secondary N) is 1. The van der Waals surface area contributed by atoms with Crippen molar-refractivity contribution in [1.82, 2.24) is 0 Å². The molecule has 160 valence electrons. The summed E-state index contributed by atoms with van der Waals surface area (Å²) in [6.07, 6.45) is 0. The molecule has 1 aliphatic rings. The van der Waals surface area contributed by atoms with Crippen molar-refractivity contribution in [2.24, 2.45) is 0 Å². The molecular formula is C23H22N2O5S. The van der Waals surface area contributed by atoms with Gasteiger partial charge in [-0.2, -0.15) is 0 Å². The van der Waals surface area contributed by atoms with Crippen molar-refractivity contribution >= 4 is 27.3 Å². The van der Waals surface area contributed by atoms with Crippen LogP contribution in [-0.2, 0) is 10.0 Å². The Morgan fingerprint density at radius 2 is 1.65 bits per heavy atom. The van der Waals surface area contributed by atoms with Gasteiger partial charge in [0.15, 0.2) is 11.5 Å². The number of hydrogen-bond donors (Lipinski definition) is 1. The number of carbonyl (C=O) groups is 1. The average molecular weight is 439 g/mol. The number of anilines is 2. The van der Waals surface area contributed by atoms with Gasteiger partial charge in [-0.15, -0.1) is 0 Å². The predicted octanol–water partition coefficient (Wildman–Crippen LogP) is 3.84. The SMILES string of the molecule is Cc1ccc(S(=O)(=O)N(C)c2cccc(C(=O)Nc3ccc4c(c3)OCCO4)c2)cc1. The van der Waals surface area contributed by atoms with E-state index in [0.717, 1.165) is 5.56 Å². The maximum Gasteiger partial charge on any atom is 0.264 e. The molecule has 0 spiro atoms. The first-order chi connectivity index (χ1) is 14.8. The van der Waals surface area contributed by atoms with Gasteiger partial charge in [0.25, 0.3) is 15.9 Å². The smallest absolute Gasteiger partial charge is 0.264 e. The third-order valence-electron chi connectivity index (χ3n) is 4.95. The van der Waals surface area contributed by atoms with Gasteiger partial charge >= 0.3 is 0 Å². The van der Waals surface area contributed by atoms with E-state index in [9.17, 15) is 13.2 Å². The number of ether oxygens (including phenoxy) is 2. The fourth-order valence-electron chi connectivity index (χ4n) is 3.17. The summed E-state index contributed by atoms with van der Waals surface area (Å²) in [5.74, 6) is 0.843. The van der Waals surface area contributed by atoms with E-state index in [-0.39, 0.29) is 10.8 Å². The third kappa shape index (κ3) is 4.34. The molecule has 0 bridgehead atoms. The van der Waals surface area contributed by atoms with Crippen molar-refractivity contribution in [2.45, 2.75) is 11.8 Å². The Bertz CT molecular complexity index is 1220. The van der Waals surface area contributed by atoms with Crippen LogP contribution >= 0.6 is 0 Å². The molecule has 0 aliphatic carbocycles. The molecule has 1 aliphatic heterocycles. The Balaban J connectivity index is 1.55. The summed E-state index contributed by atoms with van der Waals surface area (Å²) in [4.78, 5) is 12.9. The van der Waals surface area contributed by atoms with Crippen LogP contribution in [0, 0.1) is 6.92 Å². The summed E-state index contributed by atoms with van der Waals surface area (Å²) in [5.41, 5.74) is 2.24. The van der Waals surface area contributed by atoms with E-state index in [2.05, 4.69) is 5.32 Å². The number of hydrogen-bond acceptors (Lipinski definition) is 5. The lowest BCUT2D eigenvalue weighted by atomic mass is 10.2. The molecule has 0 radical (unpaired) electrons. The fourth-order valence-corrected chi connectivity index (χ4v) is 4.36. The Kier molecular flexibility index (Phi) is 5.56. The number of carbonyl (C=O) groups excluding carboxylic acids is 1. The highest BCUT2D eigenvalue weighted by atomic mass is 32.2. The van der Waals surface area contributed by atoms with Gasteiger partial charge in [0.2, 0.25) is 0 Å². The molecule has 0 atom stereocenters. The molecule has 0 aromatic heterocycles. The number of aryl methyl sites for hydroxylation is 1. The molecule has 1 N–H and O–H groups in total. The lowest BCUT2D eigenvalue weighted by Gasteiger charge is -2.20. The van der Waals surface area contributed by atoms with Crippen LogP contribution in [0.4, 0.5) is 11.4 Å². The summed E-state index contributed by atoms with van der Waals surface area (Å²) in [6.45, 7) is 2.84. The zero-order valence-electron chi connectivity index (χ0n) is 17.2. The minimum absolute atomic E-state index is 0.187. The monoisotopic (exact) mass is 438 g/mol. The summed E-state index contributed by atoms with van der Waals surface area (Å²) >= 11 is 0. The van der Waals surface area contributed by atoms with E-state index in [1.54, 1.807) is 66.7 Å². The van der Waals surface area contributed by atoms with Gasteiger partial charge < -0.3 is 14.8 Å². The summed E-state index contributed by atoms with van der Waals surface area (Å²) < 4.78 is 38.1. The van der Waals surface area contributed by atoms with Crippen LogP contribution in [0.15, 0.2) is 71.6 Å². The highest BCUT2D eigenvalue weighted by Crippen LogP contribution is 2.33. The van der Waals surface area contributed by atoms with Crippen LogP contribution in [0.3, 0.4) is 0 Å². The van der Waals surface area contributed by atoms with E-state index in [1.165, 1.54) is 11.4 Å². The average Bonchev–Trinajstić information content (AvgIpc) is 2.79. The molecular weight excluding hydrogens is 416 g/mol. The predicted molar refractivity (Wildman–Crippen MR) is 119 cm³/mol. The number of benzene rings is 3. The topological polar surface area (TPSA) is 84.9 Å². The first kappa shape index (κ1) is 20.7. The van der Waals surface area contributed by atoms with Crippen molar-refractivity contribution in [3.05, 3.63) is 77.9 Å². The zero-order valence-corrected chi connectivity index (χ0v) is 18.0. The van der Waals surface area contributed by atoms with Crippen molar-refractivity contribution in [2.75, 3.05) is 29.9 Å². The number of fused-ring (bicyclic) bond motifs is 1. The fraction of sp³-hybridized carbons (Fsp3) is 0.174. The Labute approximate surface area is 181 Å². The molecule has 1 amide bonds. The normalized spacial score (nSPS) is 12.8. The van der Waals surface area contributed by atoms with Gasteiger partial charge in [0.05, 0.1) is 10.6 Å². The molecule has 0 fully saturated rings. The van der Waals surface area contributed by atoms with E-state index >= 15 is 0 Å². The summed E-state index contributed by atoms with van der Waals surface area (Å²) in [5, 5.41) is 2.81. The van der Waals surface area contributed by atoms with Gasteiger partial charge in [0, 0.05) is 24.4 Å². The molecule has 1 heterocycles. The maximum atomic E-state index is 13.0. The van der Waals surface area contributed by atoms with Crippen molar-refractivity contribution in [1.29, 1.82) is 0 Å². The summed E-state index contributed by atoms with van der Waals surface area (Å²) in [7, 11) is -2.28. The van der Waals surface area contributed by atoms with Crippen LogP contribution < -0.4 is 19.1 Å². The highest BCUT2D eigenvalue weighted by Gasteiger charge is 2.22. The highest BCUT2D eigenvalue weighted by molar-refractivity contribution is 7.92. The van der Waals surface area contributed by atoms with Gasteiger partial charge in [0.1, 0.15) is 13.2 Å². The first-order valence-electron chi connectivity index (χ1n) is 9.71. The quantitative estimate of drug-likeness (QED) is 0.654. The van der Waals surface area contributed by atoms with Crippen molar-refractivity contribution in [3.63, 3.8) is 0 Å². The number of sulfonamides is 1. The largest absolute Gasteiger partial charge is 0.486 e. The van der Waals surface area contributed by atoms with Crippen LogP contribution in [0.25, 0.3) is 0 Å². The standard InChI is InChI=1S/C23H22N2O5S/c1-16-6-9-20(10-7-16)31(27,28)25(2)19-5-3-4-17(14-19)23(26)24-18-8-11-21-22(15-18)30-13-12-29-21/h3-11,14-15H,12-13H2,1-2H3,(H,24,26). The van der Waals surface area contributed by atoms with Crippen molar-refractivity contribution in [3.8, 4) is 11.5 Å². The van der Waals surface area contributed by atoms with E-state index < -0.39 is 10.0 Å². The Morgan fingerprint density at radius 1 is 0.935 bits per heavy atom.